The standard InChI is InChI=1S/C16H12ClFN2O/c17-13-7-6-11(10-14(13)18)16(21)15-8-9-19-20(15)12-4-2-1-3-5-12/h1-10,16,21H. The van der Waals surface area contributed by atoms with E-state index in [1.165, 1.54) is 12.1 Å². The molecule has 0 bridgehead atoms. The van der Waals surface area contributed by atoms with Crippen molar-refractivity contribution in [2.75, 3.05) is 0 Å². The summed E-state index contributed by atoms with van der Waals surface area (Å²) in [6.45, 7) is 0. The Bertz CT molecular complexity index is 758. The summed E-state index contributed by atoms with van der Waals surface area (Å²) < 4.78 is 15.2. The van der Waals surface area contributed by atoms with Gasteiger partial charge in [-0.1, -0.05) is 35.9 Å². The SMILES string of the molecule is OC(c1ccc(Cl)c(F)c1)c1ccnn1-c1ccccc1. The van der Waals surface area contributed by atoms with Gasteiger partial charge in [0.1, 0.15) is 11.9 Å². The van der Waals surface area contributed by atoms with E-state index in [1.807, 2.05) is 30.3 Å². The van der Waals surface area contributed by atoms with Crippen LogP contribution in [-0.2, 0) is 0 Å². The van der Waals surface area contributed by atoms with Crippen molar-refractivity contribution in [3.8, 4) is 5.69 Å². The summed E-state index contributed by atoms with van der Waals surface area (Å²) in [5, 5.41) is 14.7. The number of benzene rings is 2. The normalized spacial score (nSPS) is 12.3. The van der Waals surface area contributed by atoms with E-state index in [0.29, 0.717) is 11.3 Å². The molecule has 0 aliphatic heterocycles. The van der Waals surface area contributed by atoms with Gasteiger partial charge in [-0.05, 0) is 35.9 Å². The summed E-state index contributed by atoms with van der Waals surface area (Å²) in [6.07, 6.45) is 0.608. The number of aliphatic hydroxyl groups is 1. The summed E-state index contributed by atoms with van der Waals surface area (Å²) in [5.74, 6) is -0.556. The lowest BCUT2D eigenvalue weighted by Gasteiger charge is -2.14. The van der Waals surface area contributed by atoms with Gasteiger partial charge in [0.25, 0.3) is 0 Å². The molecule has 1 aromatic heterocycles. The molecule has 1 unspecified atom stereocenters. The van der Waals surface area contributed by atoms with Crippen LogP contribution in [0.25, 0.3) is 5.69 Å². The molecule has 1 heterocycles. The number of aliphatic hydroxyl groups excluding tert-OH is 1. The van der Waals surface area contributed by atoms with Gasteiger partial charge in [0.05, 0.1) is 16.4 Å². The molecule has 2 aromatic carbocycles. The molecule has 3 rings (SSSR count). The Balaban J connectivity index is 2.01. The van der Waals surface area contributed by atoms with E-state index < -0.39 is 11.9 Å². The molecule has 106 valence electrons. The zero-order valence-corrected chi connectivity index (χ0v) is 11.7. The van der Waals surface area contributed by atoms with Crippen molar-refractivity contribution >= 4 is 11.6 Å². The predicted molar refractivity (Wildman–Crippen MR) is 79.0 cm³/mol. The number of rotatable bonds is 3. The van der Waals surface area contributed by atoms with Gasteiger partial charge in [-0.25, -0.2) is 9.07 Å². The van der Waals surface area contributed by atoms with Crippen LogP contribution in [0.4, 0.5) is 4.39 Å². The van der Waals surface area contributed by atoms with E-state index in [9.17, 15) is 9.50 Å². The van der Waals surface area contributed by atoms with Gasteiger partial charge >= 0.3 is 0 Å². The lowest BCUT2D eigenvalue weighted by atomic mass is 10.1. The van der Waals surface area contributed by atoms with Crippen LogP contribution >= 0.6 is 11.6 Å². The van der Waals surface area contributed by atoms with Crippen molar-refractivity contribution < 1.29 is 9.50 Å². The Labute approximate surface area is 126 Å². The van der Waals surface area contributed by atoms with Gasteiger partial charge < -0.3 is 5.11 Å². The first kappa shape index (κ1) is 13.8. The Morgan fingerprint density at radius 1 is 1.10 bits per heavy atom. The fourth-order valence-electron chi connectivity index (χ4n) is 2.16. The van der Waals surface area contributed by atoms with Crippen molar-refractivity contribution in [1.29, 1.82) is 0 Å². The number of halogens is 2. The molecule has 0 aliphatic rings. The third-order valence-electron chi connectivity index (χ3n) is 3.21. The van der Waals surface area contributed by atoms with Gasteiger partial charge in [-0.2, -0.15) is 5.10 Å². The molecule has 1 atom stereocenters. The largest absolute Gasteiger partial charge is 0.382 e. The van der Waals surface area contributed by atoms with E-state index in [-0.39, 0.29) is 5.02 Å². The zero-order chi connectivity index (χ0) is 14.8. The topological polar surface area (TPSA) is 38.1 Å². The minimum absolute atomic E-state index is 0.0301. The second-order valence-electron chi connectivity index (χ2n) is 4.58. The minimum Gasteiger partial charge on any atom is -0.382 e. The Hall–Kier alpha value is -2.17. The van der Waals surface area contributed by atoms with Crippen molar-refractivity contribution in [3.63, 3.8) is 0 Å². The van der Waals surface area contributed by atoms with Gasteiger partial charge in [0.2, 0.25) is 0 Å². The molecule has 0 fully saturated rings. The molecule has 1 N–H and O–H groups in total. The summed E-state index contributed by atoms with van der Waals surface area (Å²) in [4.78, 5) is 0. The average Bonchev–Trinajstić information content (AvgIpc) is 2.99. The molecule has 0 amide bonds. The van der Waals surface area contributed by atoms with E-state index >= 15 is 0 Å². The number of hydrogen-bond donors (Lipinski definition) is 1. The molecule has 0 saturated heterocycles. The van der Waals surface area contributed by atoms with Gasteiger partial charge in [-0.3, -0.25) is 0 Å². The molecule has 0 radical (unpaired) electrons. The summed E-state index contributed by atoms with van der Waals surface area (Å²) in [5.41, 5.74) is 1.81. The highest BCUT2D eigenvalue weighted by Gasteiger charge is 2.17. The van der Waals surface area contributed by atoms with Gasteiger partial charge in [-0.15, -0.1) is 0 Å². The van der Waals surface area contributed by atoms with Crippen LogP contribution in [0.2, 0.25) is 5.02 Å². The summed E-state index contributed by atoms with van der Waals surface area (Å²) in [6, 6.07) is 15.4. The van der Waals surface area contributed by atoms with Crippen molar-refractivity contribution in [1.82, 2.24) is 9.78 Å². The average molecular weight is 303 g/mol. The van der Waals surface area contributed by atoms with Crippen LogP contribution in [0, 0.1) is 5.82 Å². The smallest absolute Gasteiger partial charge is 0.142 e. The number of para-hydroxylation sites is 1. The highest BCUT2D eigenvalue weighted by atomic mass is 35.5. The van der Waals surface area contributed by atoms with E-state index in [4.69, 9.17) is 11.6 Å². The molecule has 3 aromatic rings. The van der Waals surface area contributed by atoms with Crippen LogP contribution in [0.3, 0.4) is 0 Å². The number of nitrogens with zero attached hydrogens (tertiary/aromatic N) is 2. The van der Waals surface area contributed by atoms with Gasteiger partial charge in [0, 0.05) is 6.20 Å². The lowest BCUT2D eigenvalue weighted by molar-refractivity contribution is 0.211. The number of aromatic nitrogens is 2. The molecular formula is C16H12ClFN2O. The number of hydrogen-bond acceptors (Lipinski definition) is 2. The van der Waals surface area contributed by atoms with Crippen molar-refractivity contribution in [3.05, 3.63) is 82.9 Å². The second-order valence-corrected chi connectivity index (χ2v) is 4.99. The van der Waals surface area contributed by atoms with Gasteiger partial charge in [0.15, 0.2) is 0 Å². The summed E-state index contributed by atoms with van der Waals surface area (Å²) >= 11 is 5.66. The third-order valence-corrected chi connectivity index (χ3v) is 3.52. The molecular weight excluding hydrogens is 291 g/mol. The molecule has 0 spiro atoms. The van der Waals surface area contributed by atoms with E-state index in [1.54, 1.807) is 23.0 Å². The van der Waals surface area contributed by atoms with Crippen LogP contribution < -0.4 is 0 Å². The maximum absolute atomic E-state index is 13.5. The maximum atomic E-state index is 13.5. The fraction of sp³-hybridized carbons (Fsp3) is 0.0625. The lowest BCUT2D eigenvalue weighted by Crippen LogP contribution is -2.08. The quantitative estimate of drug-likeness (QED) is 0.800. The molecule has 0 saturated carbocycles. The molecule has 5 heteroatoms. The monoisotopic (exact) mass is 302 g/mol. The Kier molecular flexibility index (Phi) is 3.73. The summed E-state index contributed by atoms with van der Waals surface area (Å²) in [7, 11) is 0. The molecule has 3 nitrogen and oxygen atoms in total. The fourth-order valence-corrected chi connectivity index (χ4v) is 2.28. The third kappa shape index (κ3) is 2.68. The first-order chi connectivity index (χ1) is 10.2. The zero-order valence-electron chi connectivity index (χ0n) is 10.9. The van der Waals surface area contributed by atoms with E-state index in [0.717, 1.165) is 5.69 Å². The van der Waals surface area contributed by atoms with Crippen LogP contribution in [0.15, 0.2) is 60.8 Å². The minimum atomic E-state index is -0.987. The first-order valence-corrected chi connectivity index (χ1v) is 6.77. The van der Waals surface area contributed by atoms with Crippen molar-refractivity contribution in [2.24, 2.45) is 0 Å². The van der Waals surface area contributed by atoms with Crippen molar-refractivity contribution in [2.45, 2.75) is 6.10 Å². The van der Waals surface area contributed by atoms with Crippen LogP contribution in [0.1, 0.15) is 17.4 Å². The highest BCUT2D eigenvalue weighted by molar-refractivity contribution is 6.30. The van der Waals surface area contributed by atoms with Crippen LogP contribution in [0.5, 0.6) is 0 Å². The molecule has 0 aliphatic carbocycles. The maximum Gasteiger partial charge on any atom is 0.142 e. The van der Waals surface area contributed by atoms with E-state index in [2.05, 4.69) is 5.10 Å². The molecule has 21 heavy (non-hydrogen) atoms. The second kappa shape index (κ2) is 5.68. The Morgan fingerprint density at radius 2 is 1.86 bits per heavy atom. The predicted octanol–water partition coefficient (Wildman–Crippen LogP) is 3.75. The van der Waals surface area contributed by atoms with Crippen LogP contribution in [-0.4, -0.2) is 14.9 Å². The Morgan fingerprint density at radius 3 is 2.57 bits per heavy atom. The highest BCUT2D eigenvalue weighted by Crippen LogP contribution is 2.26. The first-order valence-electron chi connectivity index (χ1n) is 6.39.